The molecule has 0 heterocycles. The van der Waals surface area contributed by atoms with Gasteiger partial charge in [-0.1, -0.05) is 18.2 Å². The SMILES string of the molecule is CN(C)Cc1ccc2c(c1O)C(=O)c1c(O)cccc1C2=O. The minimum Gasteiger partial charge on any atom is -0.507 e. The molecule has 3 rings (SSSR count). The average molecular weight is 297 g/mol. The molecule has 0 aromatic heterocycles. The summed E-state index contributed by atoms with van der Waals surface area (Å²) in [5.41, 5.74) is 0.819. The first-order chi connectivity index (χ1) is 10.4. The van der Waals surface area contributed by atoms with Crippen molar-refractivity contribution in [2.75, 3.05) is 14.1 Å². The second-order valence-corrected chi connectivity index (χ2v) is 5.59. The lowest BCUT2D eigenvalue weighted by Gasteiger charge is -2.21. The van der Waals surface area contributed by atoms with E-state index in [2.05, 4.69) is 0 Å². The van der Waals surface area contributed by atoms with Gasteiger partial charge in [0.1, 0.15) is 11.5 Å². The van der Waals surface area contributed by atoms with Gasteiger partial charge < -0.3 is 15.1 Å². The molecule has 0 saturated carbocycles. The Balaban J connectivity index is 2.25. The monoisotopic (exact) mass is 297 g/mol. The van der Waals surface area contributed by atoms with Crippen LogP contribution in [0.4, 0.5) is 0 Å². The van der Waals surface area contributed by atoms with Gasteiger partial charge in [-0.05, 0) is 26.2 Å². The fourth-order valence-corrected chi connectivity index (χ4v) is 2.76. The number of carbonyl (C=O) groups excluding carboxylic acids is 2. The molecule has 22 heavy (non-hydrogen) atoms. The van der Waals surface area contributed by atoms with E-state index in [0.717, 1.165) is 0 Å². The maximum absolute atomic E-state index is 12.6. The molecule has 5 nitrogen and oxygen atoms in total. The van der Waals surface area contributed by atoms with E-state index in [-0.39, 0.29) is 39.5 Å². The number of phenols is 2. The summed E-state index contributed by atoms with van der Waals surface area (Å²) >= 11 is 0. The van der Waals surface area contributed by atoms with E-state index in [1.54, 1.807) is 12.1 Å². The largest absolute Gasteiger partial charge is 0.507 e. The molecule has 0 amide bonds. The summed E-state index contributed by atoms with van der Waals surface area (Å²) in [4.78, 5) is 27.0. The topological polar surface area (TPSA) is 77.8 Å². The quantitative estimate of drug-likeness (QED) is 0.756. The molecule has 1 aliphatic carbocycles. The maximum Gasteiger partial charge on any atom is 0.201 e. The van der Waals surface area contributed by atoms with Crippen molar-refractivity contribution in [3.8, 4) is 11.5 Å². The predicted octanol–water partition coefficient (Wildman–Crippen LogP) is 1.93. The number of carbonyl (C=O) groups is 2. The lowest BCUT2D eigenvalue weighted by Crippen LogP contribution is -2.22. The van der Waals surface area contributed by atoms with Crippen molar-refractivity contribution in [1.82, 2.24) is 4.90 Å². The van der Waals surface area contributed by atoms with Crippen LogP contribution in [0.25, 0.3) is 0 Å². The van der Waals surface area contributed by atoms with Crippen LogP contribution < -0.4 is 0 Å². The van der Waals surface area contributed by atoms with Crippen LogP contribution in [0.2, 0.25) is 0 Å². The Morgan fingerprint density at radius 3 is 2.27 bits per heavy atom. The first kappa shape index (κ1) is 14.3. The molecule has 0 bridgehead atoms. The van der Waals surface area contributed by atoms with Gasteiger partial charge in [0.05, 0.1) is 11.1 Å². The first-order valence-electron chi connectivity index (χ1n) is 6.82. The molecule has 0 unspecified atom stereocenters. The highest BCUT2D eigenvalue weighted by atomic mass is 16.3. The number of fused-ring (bicyclic) bond motifs is 2. The van der Waals surface area contributed by atoms with Crippen LogP contribution in [0.5, 0.6) is 11.5 Å². The molecule has 1 aliphatic rings. The van der Waals surface area contributed by atoms with Crippen LogP contribution in [-0.2, 0) is 6.54 Å². The number of hydrogen-bond donors (Lipinski definition) is 2. The van der Waals surface area contributed by atoms with Gasteiger partial charge in [0.25, 0.3) is 0 Å². The highest BCUT2D eigenvalue weighted by molar-refractivity contribution is 6.30. The van der Waals surface area contributed by atoms with Crippen molar-refractivity contribution in [1.29, 1.82) is 0 Å². The van der Waals surface area contributed by atoms with Gasteiger partial charge in [0, 0.05) is 23.2 Å². The van der Waals surface area contributed by atoms with E-state index in [0.29, 0.717) is 12.1 Å². The average Bonchev–Trinajstić information content (AvgIpc) is 2.46. The summed E-state index contributed by atoms with van der Waals surface area (Å²) in [5, 5.41) is 20.3. The Kier molecular flexibility index (Phi) is 3.22. The lowest BCUT2D eigenvalue weighted by atomic mass is 9.82. The third kappa shape index (κ3) is 1.98. The molecule has 5 heteroatoms. The third-order valence-electron chi connectivity index (χ3n) is 3.73. The first-order valence-corrected chi connectivity index (χ1v) is 6.82. The highest BCUT2D eigenvalue weighted by Crippen LogP contribution is 2.38. The van der Waals surface area contributed by atoms with Gasteiger partial charge in [-0.3, -0.25) is 9.59 Å². The van der Waals surface area contributed by atoms with Crippen molar-refractivity contribution in [3.63, 3.8) is 0 Å². The Morgan fingerprint density at radius 2 is 1.59 bits per heavy atom. The van der Waals surface area contributed by atoms with Crippen LogP contribution in [0.3, 0.4) is 0 Å². The molecular formula is C17H15NO4. The van der Waals surface area contributed by atoms with E-state index in [9.17, 15) is 19.8 Å². The summed E-state index contributed by atoms with van der Waals surface area (Å²) in [5.74, 6) is -1.34. The predicted molar refractivity (Wildman–Crippen MR) is 80.5 cm³/mol. The Morgan fingerprint density at radius 1 is 0.909 bits per heavy atom. The number of nitrogens with zero attached hydrogens (tertiary/aromatic N) is 1. The van der Waals surface area contributed by atoms with Crippen LogP contribution in [-0.4, -0.2) is 40.8 Å². The normalized spacial score (nSPS) is 13.2. The van der Waals surface area contributed by atoms with Crippen molar-refractivity contribution in [2.24, 2.45) is 0 Å². The van der Waals surface area contributed by atoms with Crippen molar-refractivity contribution < 1.29 is 19.8 Å². The van der Waals surface area contributed by atoms with Gasteiger partial charge in [-0.25, -0.2) is 0 Å². The standard InChI is InChI=1S/C17H15NO4/c1-18(2)8-9-6-7-11-14(15(9)20)17(22)13-10(16(11)21)4-3-5-12(13)19/h3-7,19-20H,8H2,1-2H3. The van der Waals surface area contributed by atoms with Crippen molar-refractivity contribution in [2.45, 2.75) is 6.54 Å². The molecule has 0 radical (unpaired) electrons. The van der Waals surface area contributed by atoms with Gasteiger partial charge in [-0.2, -0.15) is 0 Å². The summed E-state index contributed by atoms with van der Waals surface area (Å²) in [6.45, 7) is 0.439. The van der Waals surface area contributed by atoms with E-state index < -0.39 is 5.78 Å². The summed E-state index contributed by atoms with van der Waals surface area (Å²) < 4.78 is 0. The fourth-order valence-electron chi connectivity index (χ4n) is 2.76. The van der Waals surface area contributed by atoms with E-state index in [1.807, 2.05) is 19.0 Å². The molecule has 0 aliphatic heterocycles. The molecule has 0 spiro atoms. The molecule has 0 saturated heterocycles. The zero-order chi connectivity index (χ0) is 16.0. The molecule has 112 valence electrons. The Hall–Kier alpha value is -2.66. The smallest absolute Gasteiger partial charge is 0.201 e. The summed E-state index contributed by atoms with van der Waals surface area (Å²) in [7, 11) is 3.68. The molecule has 0 atom stereocenters. The van der Waals surface area contributed by atoms with E-state index >= 15 is 0 Å². The number of aromatic hydroxyl groups is 2. The molecular weight excluding hydrogens is 282 g/mol. The zero-order valence-electron chi connectivity index (χ0n) is 12.3. The second-order valence-electron chi connectivity index (χ2n) is 5.59. The van der Waals surface area contributed by atoms with Gasteiger partial charge >= 0.3 is 0 Å². The minimum atomic E-state index is -0.527. The Labute approximate surface area is 127 Å². The molecule has 2 aromatic carbocycles. The van der Waals surface area contributed by atoms with E-state index in [4.69, 9.17) is 0 Å². The molecule has 2 aromatic rings. The zero-order valence-corrected chi connectivity index (χ0v) is 12.3. The number of hydrogen-bond acceptors (Lipinski definition) is 5. The maximum atomic E-state index is 12.6. The van der Waals surface area contributed by atoms with Crippen LogP contribution in [0, 0.1) is 0 Å². The molecule has 2 N–H and O–H groups in total. The highest BCUT2D eigenvalue weighted by Gasteiger charge is 2.34. The summed E-state index contributed by atoms with van der Waals surface area (Å²) in [6, 6.07) is 7.58. The van der Waals surface area contributed by atoms with Crippen molar-refractivity contribution in [3.05, 3.63) is 58.1 Å². The van der Waals surface area contributed by atoms with Crippen LogP contribution in [0.1, 0.15) is 37.4 Å². The number of ketones is 2. The van der Waals surface area contributed by atoms with Gasteiger partial charge in [0.15, 0.2) is 5.78 Å². The molecule has 0 fully saturated rings. The second kappa shape index (κ2) is 4.96. The third-order valence-corrected chi connectivity index (χ3v) is 3.73. The number of phenolic OH excluding ortho intramolecular Hbond substituents is 2. The van der Waals surface area contributed by atoms with Crippen molar-refractivity contribution >= 4 is 11.6 Å². The summed E-state index contributed by atoms with van der Waals surface area (Å²) in [6.07, 6.45) is 0. The number of rotatable bonds is 2. The van der Waals surface area contributed by atoms with Gasteiger partial charge in [-0.15, -0.1) is 0 Å². The Bertz CT molecular complexity index is 809. The minimum absolute atomic E-state index is 0.0293. The lowest BCUT2D eigenvalue weighted by molar-refractivity contribution is 0.0974. The van der Waals surface area contributed by atoms with Crippen LogP contribution in [0.15, 0.2) is 30.3 Å². The fraction of sp³-hybridized carbons (Fsp3) is 0.176. The van der Waals surface area contributed by atoms with Crippen LogP contribution >= 0.6 is 0 Å². The number of benzene rings is 2. The van der Waals surface area contributed by atoms with E-state index in [1.165, 1.54) is 18.2 Å². The van der Waals surface area contributed by atoms with Gasteiger partial charge in [0.2, 0.25) is 5.78 Å².